The number of rotatable bonds is 5. The van der Waals surface area contributed by atoms with Crippen molar-refractivity contribution in [1.29, 1.82) is 0 Å². The lowest BCUT2D eigenvalue weighted by Crippen LogP contribution is -2.31. The molecule has 0 aliphatic heterocycles. The van der Waals surface area contributed by atoms with E-state index >= 15 is 0 Å². The average Bonchev–Trinajstić information content (AvgIpc) is 2.56. The van der Waals surface area contributed by atoms with Gasteiger partial charge in [0.05, 0.1) is 27.4 Å². The topological polar surface area (TPSA) is 63.5 Å². The molecule has 7 heteroatoms. The van der Waals surface area contributed by atoms with E-state index in [9.17, 15) is 14.9 Å². The Balaban J connectivity index is 2.13. The summed E-state index contributed by atoms with van der Waals surface area (Å²) in [5, 5.41) is 11.7. The Kier molecular flexibility index (Phi) is 5.80. The summed E-state index contributed by atoms with van der Waals surface area (Å²) in [7, 11) is 1.67. The first-order valence-corrected chi connectivity index (χ1v) is 7.99. The number of nitro groups is 1. The van der Waals surface area contributed by atoms with Crippen LogP contribution < -0.4 is 0 Å². The maximum absolute atomic E-state index is 12.5. The molecule has 1 atom stereocenters. The standard InChI is InChI=1S/C17H16Cl2N2O3/c1-11(13-4-3-5-14(10-13)21(23)24)20(2)17(22)9-12-6-7-15(18)16(19)8-12/h3-8,10-11H,9H2,1-2H3. The number of carbonyl (C=O) groups is 1. The molecule has 0 aromatic heterocycles. The fraction of sp³-hybridized carbons (Fsp3) is 0.235. The molecule has 24 heavy (non-hydrogen) atoms. The molecule has 2 rings (SSSR count). The normalized spacial score (nSPS) is 11.8. The van der Waals surface area contributed by atoms with Crippen molar-refractivity contribution in [2.24, 2.45) is 0 Å². The molecule has 0 saturated carbocycles. The first-order valence-electron chi connectivity index (χ1n) is 7.23. The second-order valence-corrected chi connectivity index (χ2v) is 6.27. The molecule has 1 unspecified atom stereocenters. The molecule has 0 aliphatic carbocycles. The highest BCUT2D eigenvalue weighted by molar-refractivity contribution is 6.42. The van der Waals surface area contributed by atoms with Gasteiger partial charge in [-0.2, -0.15) is 0 Å². The Morgan fingerprint density at radius 2 is 1.92 bits per heavy atom. The number of amides is 1. The summed E-state index contributed by atoms with van der Waals surface area (Å²) in [5.41, 5.74) is 1.46. The summed E-state index contributed by atoms with van der Waals surface area (Å²) in [6.07, 6.45) is 0.173. The Hall–Kier alpha value is -2.11. The van der Waals surface area contributed by atoms with Crippen LogP contribution in [0.15, 0.2) is 42.5 Å². The molecule has 1 amide bonds. The highest BCUT2D eigenvalue weighted by Crippen LogP contribution is 2.25. The Morgan fingerprint density at radius 3 is 2.54 bits per heavy atom. The summed E-state index contributed by atoms with van der Waals surface area (Å²) in [5.74, 6) is -0.118. The van der Waals surface area contributed by atoms with Crippen molar-refractivity contribution < 1.29 is 9.72 Å². The van der Waals surface area contributed by atoms with Gasteiger partial charge in [0, 0.05) is 19.2 Å². The molecule has 2 aromatic carbocycles. The van der Waals surface area contributed by atoms with Gasteiger partial charge in [0.15, 0.2) is 0 Å². The minimum Gasteiger partial charge on any atom is -0.339 e. The van der Waals surface area contributed by atoms with Crippen molar-refractivity contribution in [3.8, 4) is 0 Å². The van der Waals surface area contributed by atoms with Gasteiger partial charge in [-0.3, -0.25) is 14.9 Å². The second kappa shape index (κ2) is 7.64. The van der Waals surface area contributed by atoms with E-state index in [1.165, 1.54) is 12.1 Å². The van der Waals surface area contributed by atoms with E-state index in [0.29, 0.717) is 15.6 Å². The molecule has 2 aromatic rings. The van der Waals surface area contributed by atoms with Gasteiger partial charge in [-0.15, -0.1) is 0 Å². The number of benzene rings is 2. The number of nitrogens with zero attached hydrogens (tertiary/aromatic N) is 2. The average molecular weight is 367 g/mol. The maximum atomic E-state index is 12.5. The zero-order chi connectivity index (χ0) is 17.9. The van der Waals surface area contributed by atoms with Crippen LogP contribution in [0.5, 0.6) is 0 Å². The van der Waals surface area contributed by atoms with E-state index in [4.69, 9.17) is 23.2 Å². The summed E-state index contributed by atoms with van der Waals surface area (Å²) in [4.78, 5) is 24.4. The first-order chi connectivity index (χ1) is 11.3. The molecule has 0 heterocycles. The first kappa shape index (κ1) is 18.2. The molecule has 0 radical (unpaired) electrons. The molecule has 0 aliphatic rings. The molecule has 126 valence electrons. The quantitative estimate of drug-likeness (QED) is 0.570. The largest absolute Gasteiger partial charge is 0.339 e. The van der Waals surface area contributed by atoms with E-state index in [0.717, 1.165) is 5.56 Å². The van der Waals surface area contributed by atoms with Crippen molar-refractivity contribution >= 4 is 34.8 Å². The molecule has 0 spiro atoms. The SMILES string of the molecule is CC(c1cccc([N+](=O)[O-])c1)N(C)C(=O)Cc1ccc(Cl)c(Cl)c1. The van der Waals surface area contributed by atoms with Crippen LogP contribution in [0.1, 0.15) is 24.1 Å². The summed E-state index contributed by atoms with van der Waals surface area (Å²) in [6, 6.07) is 11.0. The lowest BCUT2D eigenvalue weighted by atomic mass is 10.1. The Labute approximate surface area is 149 Å². The van der Waals surface area contributed by atoms with E-state index in [1.54, 1.807) is 42.3 Å². The molecule has 0 N–H and O–H groups in total. The zero-order valence-corrected chi connectivity index (χ0v) is 14.7. The molecule has 0 saturated heterocycles. The van der Waals surface area contributed by atoms with E-state index in [-0.39, 0.29) is 24.1 Å². The fourth-order valence-electron chi connectivity index (χ4n) is 2.29. The number of nitro benzene ring substituents is 1. The molecule has 0 fully saturated rings. The fourth-order valence-corrected chi connectivity index (χ4v) is 2.61. The minimum atomic E-state index is -0.451. The van der Waals surface area contributed by atoms with Crippen molar-refractivity contribution in [3.05, 3.63) is 73.8 Å². The lowest BCUT2D eigenvalue weighted by Gasteiger charge is -2.25. The van der Waals surface area contributed by atoms with Crippen LogP contribution >= 0.6 is 23.2 Å². The van der Waals surface area contributed by atoms with Gasteiger partial charge in [0.25, 0.3) is 5.69 Å². The number of hydrogen-bond acceptors (Lipinski definition) is 3. The van der Waals surface area contributed by atoms with Crippen LogP contribution in [0.3, 0.4) is 0 Å². The third-order valence-corrected chi connectivity index (χ3v) is 4.62. The third-order valence-electron chi connectivity index (χ3n) is 3.88. The smallest absolute Gasteiger partial charge is 0.269 e. The number of carbonyl (C=O) groups excluding carboxylic acids is 1. The third kappa shape index (κ3) is 4.24. The van der Waals surface area contributed by atoms with Gasteiger partial charge in [-0.25, -0.2) is 0 Å². The van der Waals surface area contributed by atoms with Gasteiger partial charge in [0.2, 0.25) is 5.91 Å². The molecule has 5 nitrogen and oxygen atoms in total. The van der Waals surface area contributed by atoms with E-state index < -0.39 is 4.92 Å². The van der Waals surface area contributed by atoms with Gasteiger partial charge in [0.1, 0.15) is 0 Å². The van der Waals surface area contributed by atoms with Crippen molar-refractivity contribution in [2.45, 2.75) is 19.4 Å². The monoisotopic (exact) mass is 366 g/mol. The second-order valence-electron chi connectivity index (χ2n) is 5.46. The van der Waals surface area contributed by atoms with Crippen LogP contribution in [0.2, 0.25) is 10.0 Å². The number of likely N-dealkylation sites (N-methyl/N-ethyl adjacent to an activating group) is 1. The lowest BCUT2D eigenvalue weighted by molar-refractivity contribution is -0.384. The van der Waals surface area contributed by atoms with Crippen LogP contribution in [0.4, 0.5) is 5.69 Å². The van der Waals surface area contributed by atoms with Crippen molar-refractivity contribution in [3.63, 3.8) is 0 Å². The molecule has 0 bridgehead atoms. The summed E-state index contributed by atoms with van der Waals surface area (Å²) in [6.45, 7) is 1.83. The number of non-ortho nitro benzene ring substituents is 1. The van der Waals surface area contributed by atoms with Gasteiger partial charge in [-0.05, 0) is 30.2 Å². The summed E-state index contributed by atoms with van der Waals surface area (Å²) >= 11 is 11.8. The maximum Gasteiger partial charge on any atom is 0.269 e. The van der Waals surface area contributed by atoms with Crippen LogP contribution in [0.25, 0.3) is 0 Å². The predicted molar refractivity (Wildman–Crippen MR) is 94.4 cm³/mol. The van der Waals surface area contributed by atoms with E-state index in [1.807, 2.05) is 6.92 Å². The van der Waals surface area contributed by atoms with Crippen molar-refractivity contribution in [2.75, 3.05) is 7.05 Å². The Morgan fingerprint density at radius 1 is 1.21 bits per heavy atom. The van der Waals surface area contributed by atoms with Gasteiger partial charge in [-0.1, -0.05) is 41.4 Å². The van der Waals surface area contributed by atoms with Gasteiger partial charge < -0.3 is 4.90 Å². The molecular formula is C17H16Cl2N2O3. The van der Waals surface area contributed by atoms with Crippen LogP contribution in [0, 0.1) is 10.1 Å². The number of halogens is 2. The highest BCUT2D eigenvalue weighted by Gasteiger charge is 2.19. The van der Waals surface area contributed by atoms with E-state index in [2.05, 4.69) is 0 Å². The van der Waals surface area contributed by atoms with Gasteiger partial charge >= 0.3 is 0 Å². The number of hydrogen-bond donors (Lipinski definition) is 0. The van der Waals surface area contributed by atoms with Crippen LogP contribution in [-0.2, 0) is 11.2 Å². The Bertz CT molecular complexity index is 780. The zero-order valence-electron chi connectivity index (χ0n) is 13.2. The van der Waals surface area contributed by atoms with Crippen molar-refractivity contribution in [1.82, 2.24) is 4.90 Å². The summed E-state index contributed by atoms with van der Waals surface area (Å²) < 4.78 is 0. The predicted octanol–water partition coefficient (Wildman–Crippen LogP) is 4.66. The molecular weight excluding hydrogens is 351 g/mol. The van der Waals surface area contributed by atoms with Crippen LogP contribution in [-0.4, -0.2) is 22.8 Å². The highest BCUT2D eigenvalue weighted by atomic mass is 35.5. The minimum absolute atomic E-state index is 0.00434.